The maximum absolute atomic E-state index is 11.8. The van der Waals surface area contributed by atoms with Crippen LogP contribution in [0.4, 0.5) is 5.82 Å². The van der Waals surface area contributed by atoms with Gasteiger partial charge in [-0.2, -0.15) is 10.4 Å². The molecule has 0 aliphatic heterocycles. The molecule has 0 atom stereocenters. The molecule has 1 heterocycles. The lowest BCUT2D eigenvalue weighted by molar-refractivity contribution is -0.118. The second kappa shape index (κ2) is 5.89. The Bertz CT molecular complexity index is 653. The Hall–Kier alpha value is -2.81. The van der Waals surface area contributed by atoms with E-state index in [9.17, 15) is 4.79 Å². The fourth-order valence-electron chi connectivity index (χ4n) is 1.62. The predicted molar refractivity (Wildman–Crippen MR) is 73.2 cm³/mol. The number of hydrogen-bond acceptors (Lipinski definition) is 4. The standard InChI is InChI=1S/C14H14N4O2/c1-10-3-5-12(6-4-10)20-9-13(19)17-14-11(7-15)8-16-18(14)2/h3-6,8H,9H2,1-2H3,(H,17,19). The summed E-state index contributed by atoms with van der Waals surface area (Å²) >= 11 is 0. The van der Waals surface area contributed by atoms with Gasteiger partial charge in [-0.05, 0) is 19.1 Å². The highest BCUT2D eigenvalue weighted by Gasteiger charge is 2.11. The maximum Gasteiger partial charge on any atom is 0.263 e. The molecule has 0 spiro atoms. The third-order valence-corrected chi connectivity index (χ3v) is 2.71. The quantitative estimate of drug-likeness (QED) is 0.915. The molecule has 0 fully saturated rings. The molecule has 1 N–H and O–H groups in total. The number of anilines is 1. The van der Waals surface area contributed by atoms with E-state index < -0.39 is 0 Å². The topological polar surface area (TPSA) is 79.9 Å². The number of nitriles is 1. The van der Waals surface area contributed by atoms with E-state index in [2.05, 4.69) is 10.4 Å². The maximum atomic E-state index is 11.8. The molecule has 0 saturated carbocycles. The molecule has 6 heteroatoms. The van der Waals surface area contributed by atoms with Crippen molar-refractivity contribution < 1.29 is 9.53 Å². The van der Waals surface area contributed by atoms with Gasteiger partial charge in [-0.3, -0.25) is 9.48 Å². The van der Waals surface area contributed by atoms with Gasteiger partial charge in [-0.1, -0.05) is 17.7 Å². The molecule has 0 saturated heterocycles. The predicted octanol–water partition coefficient (Wildman–Crippen LogP) is 1.62. The fourth-order valence-corrected chi connectivity index (χ4v) is 1.62. The third-order valence-electron chi connectivity index (χ3n) is 2.71. The van der Waals surface area contributed by atoms with Crippen molar-refractivity contribution >= 4 is 11.7 Å². The molecule has 1 aromatic heterocycles. The van der Waals surface area contributed by atoms with Crippen molar-refractivity contribution in [2.24, 2.45) is 7.05 Å². The molecule has 0 unspecified atom stereocenters. The van der Waals surface area contributed by atoms with Gasteiger partial charge in [0.15, 0.2) is 6.61 Å². The van der Waals surface area contributed by atoms with Gasteiger partial charge >= 0.3 is 0 Å². The van der Waals surface area contributed by atoms with Crippen LogP contribution in [-0.4, -0.2) is 22.3 Å². The van der Waals surface area contributed by atoms with Crippen molar-refractivity contribution in [1.29, 1.82) is 5.26 Å². The van der Waals surface area contributed by atoms with Gasteiger partial charge in [0.05, 0.1) is 6.20 Å². The number of nitrogens with one attached hydrogen (secondary N) is 1. The first kappa shape index (κ1) is 13.6. The average Bonchev–Trinajstić information content (AvgIpc) is 2.79. The summed E-state index contributed by atoms with van der Waals surface area (Å²) in [5, 5.41) is 15.4. The zero-order chi connectivity index (χ0) is 14.5. The summed E-state index contributed by atoms with van der Waals surface area (Å²) in [4.78, 5) is 11.8. The second-order valence-electron chi connectivity index (χ2n) is 4.29. The summed E-state index contributed by atoms with van der Waals surface area (Å²) in [5.41, 5.74) is 1.44. The van der Waals surface area contributed by atoms with E-state index in [0.717, 1.165) is 5.56 Å². The Labute approximate surface area is 116 Å². The third kappa shape index (κ3) is 3.14. The zero-order valence-electron chi connectivity index (χ0n) is 11.3. The number of aromatic nitrogens is 2. The van der Waals surface area contributed by atoms with E-state index in [1.54, 1.807) is 19.2 Å². The molecule has 20 heavy (non-hydrogen) atoms. The highest BCUT2D eigenvalue weighted by molar-refractivity contribution is 5.92. The molecule has 0 bridgehead atoms. The molecule has 1 aromatic carbocycles. The van der Waals surface area contributed by atoms with E-state index >= 15 is 0 Å². The van der Waals surface area contributed by atoms with Crippen molar-refractivity contribution in [3.63, 3.8) is 0 Å². The molecule has 2 aromatic rings. The minimum Gasteiger partial charge on any atom is -0.484 e. The van der Waals surface area contributed by atoms with Gasteiger partial charge in [-0.15, -0.1) is 0 Å². The van der Waals surface area contributed by atoms with Crippen LogP contribution in [0.1, 0.15) is 11.1 Å². The van der Waals surface area contributed by atoms with E-state index in [1.165, 1.54) is 10.9 Å². The number of benzene rings is 1. The van der Waals surface area contributed by atoms with E-state index in [-0.39, 0.29) is 12.5 Å². The summed E-state index contributed by atoms with van der Waals surface area (Å²) in [6.07, 6.45) is 1.40. The van der Waals surface area contributed by atoms with Gasteiger partial charge in [0.25, 0.3) is 5.91 Å². The number of amides is 1. The molecule has 6 nitrogen and oxygen atoms in total. The van der Waals surface area contributed by atoms with Crippen LogP contribution in [0.3, 0.4) is 0 Å². The minimum atomic E-state index is -0.342. The molecule has 0 aliphatic carbocycles. The van der Waals surface area contributed by atoms with Gasteiger partial charge < -0.3 is 10.1 Å². The molecule has 2 rings (SSSR count). The van der Waals surface area contributed by atoms with Crippen molar-refractivity contribution in [1.82, 2.24) is 9.78 Å². The van der Waals surface area contributed by atoms with Crippen LogP contribution in [0.15, 0.2) is 30.5 Å². The highest BCUT2D eigenvalue weighted by atomic mass is 16.5. The molecule has 0 radical (unpaired) electrons. The largest absolute Gasteiger partial charge is 0.484 e. The molecular formula is C14H14N4O2. The summed E-state index contributed by atoms with van der Waals surface area (Å²) in [6.45, 7) is 1.85. The first-order valence-electron chi connectivity index (χ1n) is 6.01. The average molecular weight is 270 g/mol. The second-order valence-corrected chi connectivity index (χ2v) is 4.29. The first-order chi connectivity index (χ1) is 9.60. The lowest BCUT2D eigenvalue weighted by Gasteiger charge is -2.08. The Morgan fingerprint density at radius 1 is 1.45 bits per heavy atom. The van der Waals surface area contributed by atoms with Gasteiger partial charge in [0, 0.05) is 7.05 Å². The lowest BCUT2D eigenvalue weighted by atomic mass is 10.2. The van der Waals surface area contributed by atoms with Crippen molar-refractivity contribution in [3.05, 3.63) is 41.6 Å². The van der Waals surface area contributed by atoms with Crippen LogP contribution < -0.4 is 10.1 Å². The molecule has 0 aliphatic rings. The summed E-state index contributed by atoms with van der Waals surface area (Å²) < 4.78 is 6.79. The Morgan fingerprint density at radius 3 is 2.80 bits per heavy atom. The van der Waals surface area contributed by atoms with Gasteiger partial charge in [-0.25, -0.2) is 0 Å². The van der Waals surface area contributed by atoms with Crippen LogP contribution in [0.5, 0.6) is 5.75 Å². The fraction of sp³-hybridized carbons (Fsp3) is 0.214. The lowest BCUT2D eigenvalue weighted by Crippen LogP contribution is -2.22. The van der Waals surface area contributed by atoms with Crippen LogP contribution >= 0.6 is 0 Å². The number of carbonyl (C=O) groups excluding carboxylic acids is 1. The van der Waals surface area contributed by atoms with Gasteiger partial charge in [0.2, 0.25) is 0 Å². The molecular weight excluding hydrogens is 256 g/mol. The number of carbonyl (C=O) groups is 1. The summed E-state index contributed by atoms with van der Waals surface area (Å²) in [5.74, 6) is 0.645. The van der Waals surface area contributed by atoms with Crippen molar-refractivity contribution in [3.8, 4) is 11.8 Å². The van der Waals surface area contributed by atoms with Crippen LogP contribution in [-0.2, 0) is 11.8 Å². The Balaban J connectivity index is 1.94. The normalized spacial score (nSPS) is 9.85. The van der Waals surface area contributed by atoms with Crippen LogP contribution in [0, 0.1) is 18.3 Å². The summed E-state index contributed by atoms with van der Waals surface area (Å²) in [6, 6.07) is 9.37. The number of rotatable bonds is 4. The Morgan fingerprint density at radius 2 is 2.15 bits per heavy atom. The SMILES string of the molecule is Cc1ccc(OCC(=O)Nc2c(C#N)cnn2C)cc1. The van der Waals surface area contributed by atoms with Crippen LogP contribution in [0.25, 0.3) is 0 Å². The van der Waals surface area contributed by atoms with E-state index in [1.807, 2.05) is 25.1 Å². The van der Waals surface area contributed by atoms with E-state index in [0.29, 0.717) is 17.1 Å². The number of hydrogen-bond donors (Lipinski definition) is 1. The van der Waals surface area contributed by atoms with Crippen LogP contribution in [0.2, 0.25) is 0 Å². The molecule has 1 amide bonds. The summed E-state index contributed by atoms with van der Waals surface area (Å²) in [7, 11) is 1.65. The number of ether oxygens (including phenoxy) is 1. The number of aryl methyl sites for hydroxylation is 2. The minimum absolute atomic E-state index is 0.126. The Kier molecular flexibility index (Phi) is 4.01. The highest BCUT2D eigenvalue weighted by Crippen LogP contribution is 2.13. The first-order valence-corrected chi connectivity index (χ1v) is 6.01. The molecule has 102 valence electrons. The number of nitrogens with zero attached hydrogens (tertiary/aromatic N) is 3. The van der Waals surface area contributed by atoms with E-state index in [4.69, 9.17) is 10.00 Å². The van der Waals surface area contributed by atoms with Crippen molar-refractivity contribution in [2.45, 2.75) is 6.92 Å². The monoisotopic (exact) mass is 270 g/mol. The zero-order valence-corrected chi connectivity index (χ0v) is 11.3. The smallest absolute Gasteiger partial charge is 0.263 e. The van der Waals surface area contributed by atoms with Gasteiger partial charge in [0.1, 0.15) is 23.2 Å². The van der Waals surface area contributed by atoms with Crippen molar-refractivity contribution in [2.75, 3.05) is 11.9 Å².